The Morgan fingerprint density at radius 3 is 2.53 bits per heavy atom. The van der Waals surface area contributed by atoms with Crippen molar-refractivity contribution in [2.45, 2.75) is 38.5 Å². The zero-order chi connectivity index (χ0) is 25.6. The number of hydrogen-bond donors (Lipinski definition) is 1. The number of Topliss-reactive ketones (excluding diaryl/α,β-unsaturated/α-hetero) is 1. The molecule has 0 bridgehead atoms. The van der Waals surface area contributed by atoms with Crippen LogP contribution in [-0.2, 0) is 22.6 Å². The SMILES string of the molecule is Nc1ccc2c(c1)c(=O)n1n2CCN(c2ccc(N3C[C@H](CCC(=O)C(F)F)OC3=O)cc2F)CC1. The summed E-state index contributed by atoms with van der Waals surface area (Å²) in [6.45, 7) is 1.70. The topological polar surface area (TPSA) is 103 Å². The second-order valence-electron chi connectivity index (χ2n) is 8.87. The van der Waals surface area contributed by atoms with E-state index in [9.17, 15) is 23.2 Å². The fraction of sp³-hybridized carbons (Fsp3) is 0.375. The van der Waals surface area contributed by atoms with E-state index in [2.05, 4.69) is 0 Å². The molecule has 2 aliphatic rings. The number of rotatable bonds is 6. The van der Waals surface area contributed by atoms with Crippen LogP contribution < -0.4 is 21.1 Å². The number of anilines is 3. The van der Waals surface area contributed by atoms with Crippen molar-refractivity contribution in [3.63, 3.8) is 0 Å². The van der Waals surface area contributed by atoms with Gasteiger partial charge >= 0.3 is 6.09 Å². The molecule has 0 unspecified atom stereocenters. The minimum atomic E-state index is -3.06. The van der Waals surface area contributed by atoms with E-state index in [0.717, 1.165) is 5.52 Å². The molecule has 1 saturated heterocycles. The molecule has 1 aromatic heterocycles. The van der Waals surface area contributed by atoms with E-state index >= 15 is 4.39 Å². The lowest BCUT2D eigenvalue weighted by atomic mass is 10.1. The van der Waals surface area contributed by atoms with E-state index in [0.29, 0.717) is 42.9 Å². The average molecular weight is 503 g/mol. The van der Waals surface area contributed by atoms with Gasteiger partial charge in [0, 0.05) is 25.2 Å². The number of cyclic esters (lactones) is 1. The summed E-state index contributed by atoms with van der Waals surface area (Å²) in [5.41, 5.74) is 7.56. The quantitative estimate of drug-likeness (QED) is 0.519. The van der Waals surface area contributed by atoms with Crippen molar-refractivity contribution in [3.8, 4) is 0 Å². The van der Waals surface area contributed by atoms with Gasteiger partial charge in [-0.05, 0) is 42.8 Å². The van der Waals surface area contributed by atoms with E-state index in [1.165, 1.54) is 11.0 Å². The van der Waals surface area contributed by atoms with Gasteiger partial charge in [0.15, 0.2) is 5.78 Å². The van der Waals surface area contributed by atoms with E-state index < -0.39 is 36.6 Å². The molecule has 1 amide bonds. The minimum absolute atomic E-state index is 0.0266. The minimum Gasteiger partial charge on any atom is -0.444 e. The fourth-order valence-electron chi connectivity index (χ4n) is 4.79. The first-order chi connectivity index (χ1) is 17.2. The lowest BCUT2D eigenvalue weighted by molar-refractivity contribution is -0.129. The van der Waals surface area contributed by atoms with Crippen molar-refractivity contribution in [2.75, 3.05) is 35.2 Å². The van der Waals surface area contributed by atoms with Gasteiger partial charge in [0.05, 0.1) is 41.9 Å². The third-order valence-electron chi connectivity index (χ3n) is 6.63. The smallest absolute Gasteiger partial charge is 0.414 e. The van der Waals surface area contributed by atoms with E-state index in [4.69, 9.17) is 10.5 Å². The second kappa shape index (κ2) is 9.25. The molecular formula is C24H24F3N5O4. The highest BCUT2D eigenvalue weighted by Crippen LogP contribution is 2.29. The molecule has 36 heavy (non-hydrogen) atoms. The van der Waals surface area contributed by atoms with Gasteiger partial charge in [-0.3, -0.25) is 19.2 Å². The lowest BCUT2D eigenvalue weighted by Gasteiger charge is -2.24. The summed E-state index contributed by atoms with van der Waals surface area (Å²) in [6.07, 6.45) is -4.94. The number of benzene rings is 2. The summed E-state index contributed by atoms with van der Waals surface area (Å²) in [7, 11) is 0. The second-order valence-corrected chi connectivity index (χ2v) is 8.87. The molecule has 12 heteroatoms. The summed E-state index contributed by atoms with van der Waals surface area (Å²) in [5.74, 6) is -1.75. The third-order valence-corrected chi connectivity index (χ3v) is 6.63. The van der Waals surface area contributed by atoms with Gasteiger partial charge in [-0.1, -0.05) is 0 Å². The number of ketones is 1. The molecule has 2 N–H and O–H groups in total. The Hall–Kier alpha value is -3.96. The Bertz CT molecular complexity index is 1400. The van der Waals surface area contributed by atoms with Crippen LogP contribution in [0.3, 0.4) is 0 Å². The van der Waals surface area contributed by atoms with Gasteiger partial charge in [-0.15, -0.1) is 0 Å². The molecular weight excluding hydrogens is 479 g/mol. The summed E-state index contributed by atoms with van der Waals surface area (Å²) >= 11 is 0. The molecule has 2 aromatic carbocycles. The predicted molar refractivity (Wildman–Crippen MR) is 127 cm³/mol. The zero-order valence-electron chi connectivity index (χ0n) is 19.2. The first-order valence-corrected chi connectivity index (χ1v) is 11.6. The highest BCUT2D eigenvalue weighted by atomic mass is 19.3. The number of alkyl halides is 2. The Kier molecular flexibility index (Phi) is 6.10. The molecule has 1 atom stereocenters. The monoisotopic (exact) mass is 503 g/mol. The summed E-state index contributed by atoms with van der Waals surface area (Å²) < 4.78 is 48.7. The Balaban J connectivity index is 1.29. The van der Waals surface area contributed by atoms with E-state index in [1.807, 2.05) is 9.58 Å². The first kappa shape index (κ1) is 23.8. The molecule has 190 valence electrons. The van der Waals surface area contributed by atoms with Gasteiger partial charge in [0.1, 0.15) is 11.9 Å². The molecule has 2 aliphatic heterocycles. The number of ether oxygens (including phenoxy) is 1. The molecule has 3 heterocycles. The molecule has 0 aliphatic carbocycles. The maximum Gasteiger partial charge on any atom is 0.414 e. The normalized spacial score (nSPS) is 18.0. The summed E-state index contributed by atoms with van der Waals surface area (Å²) in [6, 6.07) is 9.57. The number of carbonyl (C=O) groups excluding carboxylic acids is 2. The van der Waals surface area contributed by atoms with Crippen LogP contribution in [0, 0.1) is 5.82 Å². The number of fused-ring (bicyclic) bond motifs is 3. The van der Waals surface area contributed by atoms with Crippen LogP contribution in [0.4, 0.5) is 35.0 Å². The number of halogens is 3. The number of nitrogens with zero attached hydrogens (tertiary/aromatic N) is 4. The standard InChI is InChI=1S/C24H24F3N5O4/c25-18-12-15(30-13-16(36-24(30)35)3-6-21(33)22(26)27)2-5-20(18)29-7-9-31-19-4-1-14(28)11-17(19)23(34)32(31)10-8-29/h1-2,4-5,11-12,16,22H,3,6-10,13,28H2/t16-/m0/s1. The molecule has 0 radical (unpaired) electrons. The number of carbonyl (C=O) groups is 2. The predicted octanol–water partition coefficient (Wildman–Crippen LogP) is 2.98. The summed E-state index contributed by atoms with van der Waals surface area (Å²) in [5, 5.41) is 0.549. The van der Waals surface area contributed by atoms with Crippen LogP contribution in [0.15, 0.2) is 41.2 Å². The highest BCUT2D eigenvalue weighted by molar-refractivity contribution is 5.90. The van der Waals surface area contributed by atoms with E-state index in [-0.39, 0.29) is 24.2 Å². The van der Waals surface area contributed by atoms with Gasteiger partial charge in [-0.2, -0.15) is 0 Å². The maximum absolute atomic E-state index is 15.2. The van der Waals surface area contributed by atoms with Crippen molar-refractivity contribution in [1.29, 1.82) is 0 Å². The number of aromatic nitrogens is 2. The van der Waals surface area contributed by atoms with Crippen LogP contribution >= 0.6 is 0 Å². The highest BCUT2D eigenvalue weighted by Gasteiger charge is 2.33. The molecule has 9 nitrogen and oxygen atoms in total. The van der Waals surface area contributed by atoms with Gasteiger partial charge in [0.2, 0.25) is 0 Å². The van der Waals surface area contributed by atoms with Gasteiger partial charge in [-0.25, -0.2) is 22.6 Å². The van der Waals surface area contributed by atoms with Crippen molar-refractivity contribution < 1.29 is 27.5 Å². The fourth-order valence-corrected chi connectivity index (χ4v) is 4.79. The van der Waals surface area contributed by atoms with Crippen LogP contribution in [-0.4, -0.2) is 53.4 Å². The largest absolute Gasteiger partial charge is 0.444 e. The number of hydrogen-bond acceptors (Lipinski definition) is 6. The lowest BCUT2D eigenvalue weighted by Crippen LogP contribution is -2.29. The Morgan fingerprint density at radius 2 is 1.81 bits per heavy atom. The first-order valence-electron chi connectivity index (χ1n) is 11.6. The molecule has 3 aromatic rings. The number of amides is 1. The average Bonchev–Trinajstić information content (AvgIpc) is 3.24. The van der Waals surface area contributed by atoms with Gasteiger partial charge in [0.25, 0.3) is 12.0 Å². The van der Waals surface area contributed by atoms with Crippen LogP contribution in [0.1, 0.15) is 12.8 Å². The van der Waals surface area contributed by atoms with Gasteiger partial charge < -0.3 is 15.4 Å². The van der Waals surface area contributed by atoms with E-state index in [1.54, 1.807) is 35.0 Å². The van der Waals surface area contributed by atoms with Crippen molar-refractivity contribution in [1.82, 2.24) is 9.36 Å². The molecule has 1 fully saturated rings. The molecule has 0 saturated carbocycles. The van der Waals surface area contributed by atoms with Crippen LogP contribution in [0.2, 0.25) is 0 Å². The Morgan fingerprint density at radius 1 is 1.06 bits per heavy atom. The zero-order valence-corrected chi connectivity index (χ0v) is 19.2. The summed E-state index contributed by atoms with van der Waals surface area (Å²) in [4.78, 5) is 39.3. The Labute approximate surface area is 203 Å². The van der Waals surface area contributed by atoms with Crippen molar-refractivity contribution >= 4 is 39.8 Å². The molecule has 0 spiro atoms. The molecule has 5 rings (SSSR count). The third kappa shape index (κ3) is 4.27. The number of nitrogens with two attached hydrogens (primary N) is 1. The van der Waals surface area contributed by atoms with Crippen molar-refractivity contribution in [2.24, 2.45) is 0 Å². The maximum atomic E-state index is 15.2. The number of nitrogen functional groups attached to an aromatic ring is 1. The van der Waals surface area contributed by atoms with Crippen LogP contribution in [0.25, 0.3) is 10.9 Å². The van der Waals surface area contributed by atoms with Crippen LogP contribution in [0.5, 0.6) is 0 Å². The van der Waals surface area contributed by atoms with Crippen molar-refractivity contribution in [3.05, 3.63) is 52.6 Å².